The molecule has 2 nitrogen and oxygen atoms in total. The average Bonchev–Trinajstić information content (AvgIpc) is 2.51. The van der Waals surface area contributed by atoms with Crippen LogP contribution in [0.5, 0.6) is 0 Å². The van der Waals surface area contributed by atoms with Gasteiger partial charge in [0.15, 0.2) is 0 Å². The van der Waals surface area contributed by atoms with Crippen molar-refractivity contribution in [3.8, 4) is 0 Å². The molecular formula is C10H11ClN2S. The smallest absolute Gasteiger partial charge is 0.0867 e. The summed E-state index contributed by atoms with van der Waals surface area (Å²) in [4.78, 5) is 4.50. The first-order valence-electron chi connectivity index (χ1n) is 4.39. The van der Waals surface area contributed by atoms with Gasteiger partial charge in [0.25, 0.3) is 0 Å². The molecule has 1 unspecified atom stereocenters. The molecule has 0 saturated carbocycles. The molecule has 1 aliphatic heterocycles. The zero-order valence-electron chi connectivity index (χ0n) is 7.83. The van der Waals surface area contributed by atoms with Gasteiger partial charge in [-0.3, -0.25) is 4.99 Å². The summed E-state index contributed by atoms with van der Waals surface area (Å²) in [5.74, 6) is 0.982. The molecule has 1 atom stereocenters. The summed E-state index contributed by atoms with van der Waals surface area (Å²) >= 11 is 7.87. The highest BCUT2D eigenvalue weighted by Gasteiger charge is 2.19. The van der Waals surface area contributed by atoms with E-state index < -0.39 is 0 Å². The molecule has 0 saturated heterocycles. The molecule has 0 amide bonds. The summed E-state index contributed by atoms with van der Waals surface area (Å²) in [6.07, 6.45) is 0. The quantitative estimate of drug-likeness (QED) is 0.748. The minimum Gasteiger partial charge on any atom is -0.399 e. The zero-order valence-corrected chi connectivity index (χ0v) is 9.40. The molecular weight excluding hydrogens is 216 g/mol. The fraction of sp³-hybridized carbons (Fsp3) is 0.300. The highest BCUT2D eigenvalue weighted by atomic mass is 35.5. The summed E-state index contributed by atoms with van der Waals surface area (Å²) < 4.78 is 0. The van der Waals surface area contributed by atoms with Crippen LogP contribution in [0.1, 0.15) is 18.5 Å². The topological polar surface area (TPSA) is 38.4 Å². The van der Waals surface area contributed by atoms with Crippen molar-refractivity contribution in [2.45, 2.75) is 13.0 Å². The molecule has 1 aliphatic rings. The summed E-state index contributed by atoms with van der Waals surface area (Å²) in [6, 6.07) is 5.82. The number of anilines is 1. The van der Waals surface area contributed by atoms with E-state index in [4.69, 9.17) is 17.3 Å². The Bertz CT molecular complexity index is 390. The molecule has 2 rings (SSSR count). The predicted octanol–water partition coefficient (Wildman–Crippen LogP) is 3.13. The Labute approximate surface area is 92.5 Å². The van der Waals surface area contributed by atoms with E-state index in [1.807, 2.05) is 19.1 Å². The minimum atomic E-state index is 0.202. The Morgan fingerprint density at radius 1 is 1.57 bits per heavy atom. The van der Waals surface area contributed by atoms with Crippen LogP contribution in [0.15, 0.2) is 23.2 Å². The normalized spacial score (nSPS) is 21.0. The summed E-state index contributed by atoms with van der Waals surface area (Å²) in [7, 11) is 0. The number of nitrogens with two attached hydrogens (primary N) is 1. The maximum atomic E-state index is 6.10. The van der Waals surface area contributed by atoms with Gasteiger partial charge < -0.3 is 5.73 Å². The fourth-order valence-corrected chi connectivity index (χ4v) is 2.64. The van der Waals surface area contributed by atoms with Gasteiger partial charge >= 0.3 is 0 Å². The van der Waals surface area contributed by atoms with Crippen LogP contribution in [-0.2, 0) is 0 Å². The van der Waals surface area contributed by atoms with Crippen molar-refractivity contribution in [1.82, 2.24) is 0 Å². The third-order valence-electron chi connectivity index (χ3n) is 2.17. The highest BCUT2D eigenvalue weighted by molar-refractivity contribution is 8.14. The number of hydrogen-bond acceptors (Lipinski definition) is 3. The van der Waals surface area contributed by atoms with E-state index in [9.17, 15) is 0 Å². The molecule has 0 bridgehead atoms. The lowest BCUT2D eigenvalue weighted by molar-refractivity contribution is 0.849. The van der Waals surface area contributed by atoms with Crippen LogP contribution in [0.25, 0.3) is 0 Å². The number of halogens is 1. The van der Waals surface area contributed by atoms with Crippen LogP contribution in [0.4, 0.5) is 5.69 Å². The van der Waals surface area contributed by atoms with E-state index >= 15 is 0 Å². The molecule has 1 aromatic rings. The second-order valence-electron chi connectivity index (χ2n) is 3.26. The molecule has 74 valence electrons. The largest absolute Gasteiger partial charge is 0.399 e. The standard InChI is InChI=1S/C10H11ClN2S/c1-6-13-10(5-14-6)8-3-2-7(12)4-9(8)11/h2-4,10H,5,12H2,1H3. The highest BCUT2D eigenvalue weighted by Crippen LogP contribution is 2.34. The molecule has 4 heteroatoms. The molecule has 0 fully saturated rings. The Balaban J connectivity index is 2.33. The molecule has 0 aliphatic carbocycles. The van der Waals surface area contributed by atoms with Crippen molar-refractivity contribution >= 4 is 34.1 Å². The number of thioether (sulfide) groups is 1. The van der Waals surface area contributed by atoms with E-state index in [0.717, 1.165) is 16.4 Å². The second kappa shape index (κ2) is 3.83. The van der Waals surface area contributed by atoms with Crippen LogP contribution < -0.4 is 5.73 Å². The predicted molar refractivity (Wildman–Crippen MR) is 64.2 cm³/mol. The first kappa shape index (κ1) is 9.87. The van der Waals surface area contributed by atoms with Crippen molar-refractivity contribution in [3.63, 3.8) is 0 Å². The molecule has 0 aromatic heterocycles. The first-order chi connectivity index (χ1) is 6.66. The van der Waals surface area contributed by atoms with Crippen molar-refractivity contribution in [2.24, 2.45) is 4.99 Å². The van der Waals surface area contributed by atoms with Gasteiger partial charge in [-0.15, -0.1) is 11.8 Å². The van der Waals surface area contributed by atoms with Gasteiger partial charge in [0.05, 0.1) is 11.1 Å². The molecule has 2 N–H and O–H groups in total. The van der Waals surface area contributed by atoms with E-state index in [1.54, 1.807) is 17.8 Å². The molecule has 1 heterocycles. The van der Waals surface area contributed by atoms with Gasteiger partial charge in [-0.25, -0.2) is 0 Å². The number of benzene rings is 1. The number of rotatable bonds is 1. The summed E-state index contributed by atoms with van der Waals surface area (Å²) in [6.45, 7) is 2.02. The first-order valence-corrected chi connectivity index (χ1v) is 5.75. The minimum absolute atomic E-state index is 0.202. The lowest BCUT2D eigenvalue weighted by Gasteiger charge is -2.08. The number of aliphatic imine (C=N–C) groups is 1. The fourth-order valence-electron chi connectivity index (χ4n) is 1.47. The molecule has 14 heavy (non-hydrogen) atoms. The number of hydrogen-bond donors (Lipinski definition) is 1. The Hall–Kier alpha value is -0.670. The van der Waals surface area contributed by atoms with Crippen molar-refractivity contribution in [2.75, 3.05) is 11.5 Å². The van der Waals surface area contributed by atoms with Gasteiger partial charge in [-0.2, -0.15) is 0 Å². The number of nitrogen functional groups attached to an aromatic ring is 1. The Kier molecular flexibility index (Phi) is 2.70. The van der Waals surface area contributed by atoms with Gasteiger partial charge in [-0.05, 0) is 24.6 Å². The Morgan fingerprint density at radius 3 is 2.93 bits per heavy atom. The average molecular weight is 227 g/mol. The third kappa shape index (κ3) is 1.88. The van der Waals surface area contributed by atoms with Crippen molar-refractivity contribution in [3.05, 3.63) is 28.8 Å². The van der Waals surface area contributed by atoms with Crippen LogP contribution in [-0.4, -0.2) is 10.8 Å². The van der Waals surface area contributed by atoms with E-state index in [1.165, 1.54) is 0 Å². The molecule has 1 aromatic carbocycles. The lowest BCUT2D eigenvalue weighted by Crippen LogP contribution is -1.96. The van der Waals surface area contributed by atoms with Gasteiger partial charge in [-0.1, -0.05) is 17.7 Å². The van der Waals surface area contributed by atoms with Gasteiger partial charge in [0.2, 0.25) is 0 Å². The van der Waals surface area contributed by atoms with Gasteiger partial charge in [0.1, 0.15) is 0 Å². The second-order valence-corrected chi connectivity index (χ2v) is 4.88. The van der Waals surface area contributed by atoms with Gasteiger partial charge in [0, 0.05) is 16.5 Å². The van der Waals surface area contributed by atoms with Crippen LogP contribution in [0.3, 0.4) is 0 Å². The lowest BCUT2D eigenvalue weighted by atomic mass is 10.1. The maximum Gasteiger partial charge on any atom is 0.0867 e. The third-order valence-corrected chi connectivity index (χ3v) is 3.50. The molecule has 0 spiro atoms. The van der Waals surface area contributed by atoms with Crippen LogP contribution in [0.2, 0.25) is 5.02 Å². The van der Waals surface area contributed by atoms with E-state index in [-0.39, 0.29) is 6.04 Å². The van der Waals surface area contributed by atoms with E-state index in [0.29, 0.717) is 10.7 Å². The summed E-state index contributed by atoms with van der Waals surface area (Å²) in [5, 5.41) is 1.84. The number of nitrogens with zero attached hydrogens (tertiary/aromatic N) is 1. The summed E-state index contributed by atoms with van der Waals surface area (Å²) in [5.41, 5.74) is 7.40. The van der Waals surface area contributed by atoms with Crippen molar-refractivity contribution < 1.29 is 0 Å². The van der Waals surface area contributed by atoms with Crippen LogP contribution >= 0.6 is 23.4 Å². The maximum absolute atomic E-state index is 6.10. The monoisotopic (exact) mass is 226 g/mol. The zero-order chi connectivity index (χ0) is 10.1. The van der Waals surface area contributed by atoms with Crippen molar-refractivity contribution in [1.29, 1.82) is 0 Å². The molecule has 0 radical (unpaired) electrons. The SMILES string of the molecule is CC1=NC(c2ccc(N)cc2Cl)CS1. The van der Waals surface area contributed by atoms with E-state index in [2.05, 4.69) is 4.99 Å². The van der Waals surface area contributed by atoms with Crippen LogP contribution in [0, 0.1) is 0 Å². The Morgan fingerprint density at radius 2 is 2.36 bits per heavy atom.